The molecule has 11 heteroatoms. The van der Waals surface area contributed by atoms with E-state index in [9.17, 15) is 9.59 Å². The number of carbonyl (C=O) groups excluding carboxylic acids is 2. The van der Waals surface area contributed by atoms with Gasteiger partial charge in [-0.15, -0.1) is 11.3 Å². The minimum atomic E-state index is -0.659. The zero-order chi connectivity index (χ0) is 22.0. The number of hydrogen-bond acceptors (Lipinski definition) is 8. The molecule has 1 atom stereocenters. The van der Waals surface area contributed by atoms with Crippen LogP contribution in [0.3, 0.4) is 0 Å². The van der Waals surface area contributed by atoms with E-state index in [4.69, 9.17) is 5.73 Å². The van der Waals surface area contributed by atoms with Crippen LogP contribution >= 0.6 is 11.3 Å². The normalized spacial score (nSPS) is 11.9. The minimum Gasteiger partial charge on any atom is -0.364 e. The lowest BCUT2D eigenvalue weighted by Gasteiger charge is -2.16. The molecule has 31 heavy (non-hydrogen) atoms. The van der Waals surface area contributed by atoms with Gasteiger partial charge in [0, 0.05) is 12.2 Å². The molecule has 0 radical (unpaired) electrons. The fraction of sp³-hybridized carbons (Fsp3) is 0.200. The Labute approximate surface area is 181 Å². The number of carbonyl (C=O) groups is 2. The Bertz CT molecular complexity index is 1270. The maximum atomic E-state index is 12.4. The quantitative estimate of drug-likeness (QED) is 0.404. The number of aromatic nitrogens is 5. The Kier molecular flexibility index (Phi) is 5.58. The molecule has 0 aliphatic rings. The van der Waals surface area contributed by atoms with Crippen LogP contribution in [0.2, 0.25) is 0 Å². The first-order chi connectivity index (χ1) is 14.9. The highest BCUT2D eigenvalue weighted by molar-refractivity contribution is 7.15. The van der Waals surface area contributed by atoms with Gasteiger partial charge in [-0.25, -0.2) is 15.0 Å². The van der Waals surface area contributed by atoms with Gasteiger partial charge in [-0.05, 0) is 31.5 Å². The van der Waals surface area contributed by atoms with Crippen molar-refractivity contribution in [1.82, 2.24) is 24.7 Å². The summed E-state index contributed by atoms with van der Waals surface area (Å²) in [6.07, 6.45) is 4.87. The number of anilines is 2. The number of aryl methyl sites for hydroxylation is 1. The summed E-state index contributed by atoms with van der Waals surface area (Å²) in [5.74, 6) is -0.404. The number of fused-ring (bicyclic) bond motifs is 1. The van der Waals surface area contributed by atoms with Gasteiger partial charge in [0.1, 0.15) is 16.2 Å². The molecule has 0 aliphatic carbocycles. The molecule has 3 heterocycles. The molecule has 1 aromatic carbocycles. The van der Waals surface area contributed by atoms with Gasteiger partial charge in [0.15, 0.2) is 5.01 Å². The van der Waals surface area contributed by atoms with Gasteiger partial charge in [0.25, 0.3) is 11.8 Å². The van der Waals surface area contributed by atoms with Crippen LogP contribution in [0.15, 0.2) is 42.9 Å². The monoisotopic (exact) mass is 436 g/mol. The van der Waals surface area contributed by atoms with Crippen LogP contribution in [0, 0.1) is 0 Å². The summed E-state index contributed by atoms with van der Waals surface area (Å²) in [6.45, 7) is 4.74. The van der Waals surface area contributed by atoms with Crippen molar-refractivity contribution in [1.29, 1.82) is 0 Å². The smallest absolute Gasteiger partial charge is 0.277 e. The van der Waals surface area contributed by atoms with Gasteiger partial charge < -0.3 is 16.4 Å². The predicted molar refractivity (Wildman–Crippen MR) is 118 cm³/mol. The predicted octanol–water partition coefficient (Wildman–Crippen LogP) is 2.83. The number of amides is 2. The third kappa shape index (κ3) is 4.51. The van der Waals surface area contributed by atoms with Crippen molar-refractivity contribution in [3.05, 3.63) is 58.3 Å². The summed E-state index contributed by atoms with van der Waals surface area (Å²) < 4.78 is 1.79. The van der Waals surface area contributed by atoms with Crippen molar-refractivity contribution in [3.63, 3.8) is 0 Å². The first-order valence-corrected chi connectivity index (χ1v) is 10.4. The Morgan fingerprint density at radius 3 is 2.84 bits per heavy atom. The Hall–Kier alpha value is -3.86. The number of nitrogens with two attached hydrogens (primary N) is 1. The molecule has 158 valence electrons. The number of benzene rings is 1. The Morgan fingerprint density at radius 2 is 2.10 bits per heavy atom. The molecule has 2 amide bonds. The fourth-order valence-corrected chi connectivity index (χ4v) is 3.62. The molecular formula is C20H20N8O2S. The summed E-state index contributed by atoms with van der Waals surface area (Å²) in [4.78, 5) is 36.7. The average molecular weight is 437 g/mol. The average Bonchev–Trinajstić information content (AvgIpc) is 3.41. The molecule has 0 bridgehead atoms. The number of primary amides is 1. The molecule has 0 spiro atoms. The molecule has 3 aromatic heterocycles. The lowest BCUT2D eigenvalue weighted by molar-refractivity contribution is 0.0997. The molecule has 0 saturated carbocycles. The molecule has 4 N–H and O–H groups in total. The maximum absolute atomic E-state index is 12.4. The highest BCUT2D eigenvalue weighted by Gasteiger charge is 2.15. The molecule has 10 nitrogen and oxygen atoms in total. The molecule has 0 saturated heterocycles. The van der Waals surface area contributed by atoms with E-state index in [2.05, 4.69) is 30.7 Å². The number of hydrogen-bond donors (Lipinski definition) is 3. The van der Waals surface area contributed by atoms with Crippen LogP contribution in [-0.2, 0) is 6.54 Å². The van der Waals surface area contributed by atoms with Crippen LogP contribution in [0.5, 0.6) is 0 Å². The van der Waals surface area contributed by atoms with Gasteiger partial charge in [-0.1, -0.05) is 12.1 Å². The van der Waals surface area contributed by atoms with E-state index in [1.165, 1.54) is 6.20 Å². The Balaban J connectivity index is 1.46. The van der Waals surface area contributed by atoms with E-state index < -0.39 is 5.91 Å². The number of rotatable bonds is 7. The van der Waals surface area contributed by atoms with Crippen molar-refractivity contribution >= 4 is 45.8 Å². The topological polar surface area (TPSA) is 141 Å². The minimum absolute atomic E-state index is 0.0956. The fourth-order valence-electron chi connectivity index (χ4n) is 2.95. The third-order valence-corrected chi connectivity index (χ3v) is 5.56. The summed E-state index contributed by atoms with van der Waals surface area (Å²) >= 11 is 0.952. The summed E-state index contributed by atoms with van der Waals surface area (Å²) in [7, 11) is 0. The highest BCUT2D eigenvalue weighted by Crippen LogP contribution is 2.22. The van der Waals surface area contributed by atoms with Gasteiger partial charge in [0.2, 0.25) is 5.65 Å². The standard InChI is InChI=1S/C20H20N8O2S/c1-3-28-10-14-18(27-28)26-16(9-22-14)24-11(2)12-5-4-6-13(7-12)25-19(30)15-8-23-20(31-15)17(21)29/h4-11H,3H2,1-2H3,(H2,21,29)(H,25,30)(H,24,26,27)/t11-/m0/s1. The lowest BCUT2D eigenvalue weighted by Crippen LogP contribution is -2.12. The van der Waals surface area contributed by atoms with E-state index in [-0.39, 0.29) is 17.0 Å². The maximum Gasteiger partial charge on any atom is 0.277 e. The molecule has 0 aliphatic heterocycles. The van der Waals surface area contributed by atoms with E-state index >= 15 is 0 Å². The van der Waals surface area contributed by atoms with Gasteiger partial charge in [0.05, 0.1) is 24.6 Å². The number of thiazole rings is 1. The number of nitrogens with zero attached hydrogens (tertiary/aromatic N) is 5. The van der Waals surface area contributed by atoms with Crippen molar-refractivity contribution in [3.8, 4) is 0 Å². The van der Waals surface area contributed by atoms with E-state index in [0.717, 1.165) is 29.0 Å². The van der Waals surface area contributed by atoms with Crippen molar-refractivity contribution < 1.29 is 9.59 Å². The second-order valence-electron chi connectivity index (χ2n) is 6.79. The highest BCUT2D eigenvalue weighted by atomic mass is 32.1. The summed E-state index contributed by atoms with van der Waals surface area (Å²) in [5.41, 5.74) is 8.08. The molecular weight excluding hydrogens is 416 g/mol. The molecule has 4 rings (SSSR count). The van der Waals surface area contributed by atoms with Gasteiger partial charge in [-0.3, -0.25) is 14.3 Å². The van der Waals surface area contributed by atoms with E-state index in [0.29, 0.717) is 22.0 Å². The van der Waals surface area contributed by atoms with E-state index in [1.54, 1.807) is 16.9 Å². The van der Waals surface area contributed by atoms with Gasteiger partial charge >= 0.3 is 0 Å². The molecule has 4 aromatic rings. The van der Waals surface area contributed by atoms with Crippen molar-refractivity contribution in [2.75, 3.05) is 10.6 Å². The molecule has 0 unspecified atom stereocenters. The van der Waals surface area contributed by atoms with Gasteiger partial charge in [-0.2, -0.15) is 5.10 Å². The second kappa shape index (κ2) is 8.48. The number of nitrogens with one attached hydrogen (secondary N) is 2. The SMILES string of the molecule is CCn1cc2ncc(N[C@@H](C)c3cccc(NC(=O)c4cnc(C(N)=O)s4)c3)nc2n1. The summed E-state index contributed by atoms with van der Waals surface area (Å²) in [6, 6.07) is 7.35. The first-order valence-electron chi connectivity index (χ1n) is 9.56. The molecule has 0 fully saturated rings. The van der Waals surface area contributed by atoms with Crippen LogP contribution in [-0.4, -0.2) is 36.5 Å². The van der Waals surface area contributed by atoms with Crippen LogP contribution in [0.1, 0.15) is 44.9 Å². The van der Waals surface area contributed by atoms with Crippen LogP contribution < -0.4 is 16.4 Å². The lowest BCUT2D eigenvalue weighted by atomic mass is 10.1. The summed E-state index contributed by atoms with van der Waals surface area (Å²) in [5, 5.41) is 10.6. The third-order valence-electron chi connectivity index (χ3n) is 4.55. The zero-order valence-corrected chi connectivity index (χ0v) is 17.7. The van der Waals surface area contributed by atoms with E-state index in [1.807, 2.05) is 38.2 Å². The first kappa shape index (κ1) is 20.4. The Morgan fingerprint density at radius 1 is 1.26 bits per heavy atom. The zero-order valence-electron chi connectivity index (χ0n) is 16.9. The van der Waals surface area contributed by atoms with Crippen LogP contribution in [0.4, 0.5) is 11.5 Å². The largest absolute Gasteiger partial charge is 0.364 e. The van der Waals surface area contributed by atoms with Crippen molar-refractivity contribution in [2.45, 2.75) is 26.4 Å². The second-order valence-corrected chi connectivity index (χ2v) is 7.82. The van der Waals surface area contributed by atoms with Crippen molar-refractivity contribution in [2.24, 2.45) is 5.73 Å². The van der Waals surface area contributed by atoms with Crippen LogP contribution in [0.25, 0.3) is 11.2 Å².